The van der Waals surface area contributed by atoms with Crippen molar-refractivity contribution in [3.05, 3.63) is 92.5 Å². The zero-order valence-corrected chi connectivity index (χ0v) is 18.8. The maximum atomic E-state index is 12.7. The number of nitrogens with zero attached hydrogens (tertiary/aromatic N) is 3. The molecule has 3 rings (SSSR count). The van der Waals surface area contributed by atoms with Gasteiger partial charge in [0.25, 0.3) is 21.4 Å². The molecule has 0 spiro atoms. The first-order chi connectivity index (χ1) is 16.1. The average molecular weight is 485 g/mol. The number of non-ortho nitro benzene ring substituents is 1. The molecule has 2 N–H and O–H groups in total. The first-order valence-electron chi connectivity index (χ1n) is 9.61. The second-order valence-electron chi connectivity index (χ2n) is 6.89. The Balaban J connectivity index is 1.86. The van der Waals surface area contributed by atoms with Gasteiger partial charge in [0.15, 0.2) is 0 Å². The van der Waals surface area contributed by atoms with E-state index in [1.54, 1.807) is 25.1 Å². The summed E-state index contributed by atoms with van der Waals surface area (Å²) in [5, 5.41) is 26.6. The van der Waals surface area contributed by atoms with Gasteiger partial charge in [-0.15, -0.1) is 0 Å². The molecular weight excluding hydrogens is 466 g/mol. The van der Waals surface area contributed by atoms with Crippen LogP contribution in [0.5, 0.6) is 5.75 Å². The SMILES string of the molecule is COc1ccc(NS(=O)(=O)c2ccc(NN=C(C)c3cccc([N+](=O)[O-])c3)c([N+](=O)[O-])c2)cc1. The van der Waals surface area contributed by atoms with Gasteiger partial charge >= 0.3 is 0 Å². The highest BCUT2D eigenvalue weighted by molar-refractivity contribution is 7.92. The lowest BCUT2D eigenvalue weighted by Crippen LogP contribution is -2.13. The Morgan fingerprint density at radius 3 is 2.29 bits per heavy atom. The molecule has 3 aromatic carbocycles. The van der Waals surface area contributed by atoms with Gasteiger partial charge in [-0.1, -0.05) is 12.1 Å². The van der Waals surface area contributed by atoms with Gasteiger partial charge in [0.1, 0.15) is 11.4 Å². The molecule has 0 saturated heterocycles. The number of methoxy groups -OCH3 is 1. The molecule has 0 saturated carbocycles. The molecule has 0 aliphatic rings. The quantitative estimate of drug-likeness (QED) is 0.259. The summed E-state index contributed by atoms with van der Waals surface area (Å²) in [5.74, 6) is 0.537. The molecule has 0 unspecified atom stereocenters. The first kappa shape index (κ1) is 24.1. The molecule has 0 amide bonds. The van der Waals surface area contributed by atoms with Gasteiger partial charge < -0.3 is 4.74 Å². The molecule has 34 heavy (non-hydrogen) atoms. The van der Waals surface area contributed by atoms with Crippen molar-refractivity contribution >= 4 is 38.5 Å². The van der Waals surface area contributed by atoms with Crippen molar-refractivity contribution in [2.75, 3.05) is 17.3 Å². The number of ether oxygens (including phenoxy) is 1. The normalized spacial score (nSPS) is 11.5. The number of hydrazone groups is 1. The maximum Gasteiger partial charge on any atom is 0.295 e. The van der Waals surface area contributed by atoms with Gasteiger partial charge in [-0.3, -0.25) is 30.4 Å². The number of rotatable bonds is 9. The highest BCUT2D eigenvalue weighted by Gasteiger charge is 2.22. The summed E-state index contributed by atoms with van der Waals surface area (Å²) >= 11 is 0. The Bertz CT molecular complexity index is 1370. The lowest BCUT2D eigenvalue weighted by molar-refractivity contribution is -0.384. The number of hydrogen-bond acceptors (Lipinski definition) is 9. The molecule has 0 heterocycles. The maximum absolute atomic E-state index is 12.7. The second-order valence-corrected chi connectivity index (χ2v) is 8.57. The van der Waals surface area contributed by atoms with E-state index in [2.05, 4.69) is 15.2 Å². The van der Waals surface area contributed by atoms with Crippen LogP contribution in [0.15, 0.2) is 76.7 Å². The van der Waals surface area contributed by atoms with E-state index in [9.17, 15) is 28.6 Å². The minimum absolute atomic E-state index is 0.0572. The number of sulfonamides is 1. The summed E-state index contributed by atoms with van der Waals surface area (Å²) in [7, 11) is -2.64. The Labute approximate surface area is 194 Å². The van der Waals surface area contributed by atoms with Crippen LogP contribution in [-0.4, -0.2) is 31.1 Å². The Morgan fingerprint density at radius 2 is 1.68 bits per heavy atom. The smallest absolute Gasteiger partial charge is 0.295 e. The standard InChI is InChI=1S/C21H19N5O7S/c1-14(15-4-3-5-17(12-15)25(27)28)22-23-20-11-10-19(13-21(20)26(29)30)34(31,32)24-16-6-8-18(33-2)9-7-16/h3-13,23-24H,1-2H3. The van der Waals surface area contributed by atoms with Crippen LogP contribution in [0.1, 0.15) is 12.5 Å². The van der Waals surface area contributed by atoms with Gasteiger partial charge in [-0.25, -0.2) is 8.42 Å². The average Bonchev–Trinajstić information content (AvgIpc) is 2.82. The van der Waals surface area contributed by atoms with E-state index in [4.69, 9.17) is 4.74 Å². The number of anilines is 2. The zero-order valence-electron chi connectivity index (χ0n) is 18.0. The Kier molecular flexibility index (Phi) is 7.06. The number of nitro groups is 2. The van der Waals surface area contributed by atoms with E-state index in [1.165, 1.54) is 49.6 Å². The molecule has 0 bridgehead atoms. The summed E-state index contributed by atoms with van der Waals surface area (Å²) < 4.78 is 32.8. The van der Waals surface area contributed by atoms with Crippen LogP contribution < -0.4 is 14.9 Å². The van der Waals surface area contributed by atoms with Crippen molar-refractivity contribution in [1.82, 2.24) is 0 Å². The predicted molar refractivity (Wildman–Crippen MR) is 126 cm³/mol. The lowest BCUT2D eigenvalue weighted by Gasteiger charge is -2.10. The largest absolute Gasteiger partial charge is 0.497 e. The molecule has 13 heteroatoms. The molecule has 0 radical (unpaired) electrons. The van der Waals surface area contributed by atoms with E-state index < -0.39 is 25.6 Å². The lowest BCUT2D eigenvalue weighted by atomic mass is 10.1. The fourth-order valence-electron chi connectivity index (χ4n) is 2.85. The Hall–Kier alpha value is -4.52. The van der Waals surface area contributed by atoms with Gasteiger partial charge in [0, 0.05) is 29.4 Å². The van der Waals surface area contributed by atoms with Gasteiger partial charge in [-0.05, 0) is 43.3 Å². The monoisotopic (exact) mass is 485 g/mol. The van der Waals surface area contributed by atoms with Crippen molar-refractivity contribution < 1.29 is 23.0 Å². The van der Waals surface area contributed by atoms with Crippen molar-refractivity contribution in [2.24, 2.45) is 5.10 Å². The van der Waals surface area contributed by atoms with E-state index in [0.29, 0.717) is 17.0 Å². The van der Waals surface area contributed by atoms with Crippen molar-refractivity contribution in [3.8, 4) is 5.75 Å². The first-order valence-corrected chi connectivity index (χ1v) is 11.1. The molecule has 0 aromatic heterocycles. The topological polar surface area (TPSA) is 166 Å². The molecule has 0 atom stereocenters. The van der Waals surface area contributed by atoms with Crippen LogP contribution in [0, 0.1) is 20.2 Å². The third-order valence-electron chi connectivity index (χ3n) is 4.64. The Morgan fingerprint density at radius 1 is 0.971 bits per heavy atom. The molecule has 176 valence electrons. The molecule has 0 aliphatic carbocycles. The van der Waals surface area contributed by atoms with E-state index in [0.717, 1.165) is 6.07 Å². The fourth-order valence-corrected chi connectivity index (χ4v) is 3.93. The van der Waals surface area contributed by atoms with Crippen LogP contribution in [0.4, 0.5) is 22.7 Å². The predicted octanol–water partition coefficient (Wildman–Crippen LogP) is 4.15. The zero-order chi connectivity index (χ0) is 24.9. The van der Waals surface area contributed by atoms with Crippen LogP contribution in [0.25, 0.3) is 0 Å². The van der Waals surface area contributed by atoms with Crippen LogP contribution in [0.3, 0.4) is 0 Å². The fraction of sp³-hybridized carbons (Fsp3) is 0.0952. The summed E-state index contributed by atoms with van der Waals surface area (Å²) in [6.07, 6.45) is 0. The number of benzene rings is 3. The van der Waals surface area contributed by atoms with Crippen molar-refractivity contribution in [1.29, 1.82) is 0 Å². The number of hydrogen-bond donors (Lipinski definition) is 2. The highest BCUT2D eigenvalue weighted by Crippen LogP contribution is 2.29. The molecule has 3 aromatic rings. The molecule has 0 fully saturated rings. The summed E-state index contributed by atoms with van der Waals surface area (Å²) in [4.78, 5) is 20.9. The molecule has 12 nitrogen and oxygen atoms in total. The van der Waals surface area contributed by atoms with E-state index in [1.807, 2.05) is 0 Å². The van der Waals surface area contributed by atoms with E-state index in [-0.39, 0.29) is 22.0 Å². The van der Waals surface area contributed by atoms with E-state index >= 15 is 0 Å². The summed E-state index contributed by atoms with van der Waals surface area (Å²) in [6, 6.07) is 15.2. The summed E-state index contributed by atoms with van der Waals surface area (Å²) in [6.45, 7) is 1.56. The minimum Gasteiger partial charge on any atom is -0.497 e. The van der Waals surface area contributed by atoms with Crippen molar-refractivity contribution in [2.45, 2.75) is 11.8 Å². The van der Waals surface area contributed by atoms with Gasteiger partial charge in [0.2, 0.25) is 0 Å². The van der Waals surface area contributed by atoms with Crippen LogP contribution in [0.2, 0.25) is 0 Å². The van der Waals surface area contributed by atoms with Gasteiger partial charge in [-0.2, -0.15) is 5.10 Å². The van der Waals surface area contributed by atoms with Gasteiger partial charge in [0.05, 0.1) is 27.6 Å². The third-order valence-corrected chi connectivity index (χ3v) is 6.02. The minimum atomic E-state index is -4.12. The van der Waals surface area contributed by atoms with Crippen molar-refractivity contribution in [3.63, 3.8) is 0 Å². The highest BCUT2D eigenvalue weighted by atomic mass is 32.2. The van der Waals surface area contributed by atoms with Crippen LogP contribution in [-0.2, 0) is 10.0 Å². The number of nitro benzene ring substituents is 2. The molecule has 0 aliphatic heterocycles. The number of nitrogens with one attached hydrogen (secondary N) is 2. The third kappa shape index (κ3) is 5.63. The molecular formula is C21H19N5O7S. The second kappa shape index (κ2) is 9.95. The van der Waals surface area contributed by atoms with Crippen LogP contribution >= 0.6 is 0 Å². The summed E-state index contributed by atoms with van der Waals surface area (Å²) in [5.41, 5.74) is 2.84.